The lowest BCUT2D eigenvalue weighted by Crippen LogP contribution is -2.47. The van der Waals surface area contributed by atoms with E-state index in [-0.39, 0.29) is 6.03 Å². The van der Waals surface area contributed by atoms with Gasteiger partial charge in [-0.3, -0.25) is 0 Å². The van der Waals surface area contributed by atoms with Gasteiger partial charge in [0.1, 0.15) is 6.04 Å². The molecule has 1 aromatic rings. The van der Waals surface area contributed by atoms with Crippen LogP contribution in [0, 0.1) is 0 Å². The first-order valence-electron chi connectivity index (χ1n) is 7.41. The van der Waals surface area contributed by atoms with Crippen LogP contribution in [0.1, 0.15) is 18.9 Å². The van der Waals surface area contributed by atoms with Gasteiger partial charge in [-0.15, -0.1) is 0 Å². The second-order valence-electron chi connectivity index (χ2n) is 4.72. The summed E-state index contributed by atoms with van der Waals surface area (Å²) < 4.78 is 9.93. The standard InChI is InChI=1S/C16H24N2O4/c1-3-22-11-7-10-17-16(20)18-14(15(19)21-2)12-13-8-5-4-6-9-13/h4-6,8-9,14H,3,7,10-12H2,1-2H3,(H2,17,18,20)/t14-/m0/s1. The van der Waals surface area contributed by atoms with Crippen molar-refractivity contribution in [2.24, 2.45) is 0 Å². The topological polar surface area (TPSA) is 76.7 Å². The Kier molecular flexibility index (Phi) is 8.67. The van der Waals surface area contributed by atoms with Gasteiger partial charge in [0.15, 0.2) is 0 Å². The van der Waals surface area contributed by atoms with Crippen LogP contribution in [0.2, 0.25) is 0 Å². The zero-order valence-electron chi connectivity index (χ0n) is 13.1. The van der Waals surface area contributed by atoms with Crippen LogP contribution in [-0.2, 0) is 20.7 Å². The van der Waals surface area contributed by atoms with Gasteiger partial charge in [-0.05, 0) is 18.9 Å². The van der Waals surface area contributed by atoms with Crippen molar-refractivity contribution in [2.75, 3.05) is 26.9 Å². The third-order valence-corrected chi connectivity index (χ3v) is 3.03. The van der Waals surface area contributed by atoms with E-state index in [1.54, 1.807) is 0 Å². The minimum atomic E-state index is -0.709. The molecule has 2 amide bonds. The van der Waals surface area contributed by atoms with Crippen LogP contribution in [0.25, 0.3) is 0 Å². The molecule has 1 atom stereocenters. The molecule has 0 aliphatic carbocycles. The highest BCUT2D eigenvalue weighted by molar-refractivity contribution is 5.83. The fourth-order valence-corrected chi connectivity index (χ4v) is 1.92. The third-order valence-electron chi connectivity index (χ3n) is 3.03. The molecule has 1 rings (SSSR count). The van der Waals surface area contributed by atoms with E-state index in [9.17, 15) is 9.59 Å². The molecule has 0 aromatic heterocycles. The van der Waals surface area contributed by atoms with Gasteiger partial charge in [0, 0.05) is 26.2 Å². The fourth-order valence-electron chi connectivity index (χ4n) is 1.92. The van der Waals surface area contributed by atoms with Crippen molar-refractivity contribution >= 4 is 12.0 Å². The van der Waals surface area contributed by atoms with Gasteiger partial charge in [-0.2, -0.15) is 0 Å². The van der Waals surface area contributed by atoms with Crippen LogP contribution in [0.15, 0.2) is 30.3 Å². The van der Waals surface area contributed by atoms with Gasteiger partial charge in [0.05, 0.1) is 7.11 Å². The van der Waals surface area contributed by atoms with Crippen LogP contribution < -0.4 is 10.6 Å². The molecule has 122 valence electrons. The number of hydrogen-bond acceptors (Lipinski definition) is 4. The SMILES string of the molecule is CCOCCCNC(=O)N[C@@H](Cc1ccccc1)C(=O)OC. The molecule has 6 nitrogen and oxygen atoms in total. The quantitative estimate of drug-likeness (QED) is 0.535. The molecule has 0 fully saturated rings. The molecule has 0 saturated carbocycles. The first-order valence-corrected chi connectivity index (χ1v) is 7.41. The Morgan fingerprint density at radius 2 is 1.95 bits per heavy atom. The summed E-state index contributed by atoms with van der Waals surface area (Å²) in [5.41, 5.74) is 0.953. The molecule has 2 N–H and O–H groups in total. The minimum Gasteiger partial charge on any atom is -0.467 e. The van der Waals surface area contributed by atoms with E-state index in [0.29, 0.717) is 26.2 Å². The van der Waals surface area contributed by atoms with Crippen molar-refractivity contribution in [3.8, 4) is 0 Å². The van der Waals surface area contributed by atoms with Gasteiger partial charge in [-0.1, -0.05) is 30.3 Å². The van der Waals surface area contributed by atoms with Crippen LogP contribution >= 0.6 is 0 Å². The lowest BCUT2D eigenvalue weighted by Gasteiger charge is -2.17. The van der Waals surface area contributed by atoms with Crippen molar-refractivity contribution in [1.29, 1.82) is 0 Å². The van der Waals surface area contributed by atoms with E-state index in [1.165, 1.54) is 7.11 Å². The Bertz CT molecular complexity index is 451. The number of hydrogen-bond donors (Lipinski definition) is 2. The maximum atomic E-state index is 11.8. The summed E-state index contributed by atoms with van der Waals surface area (Å²) in [5.74, 6) is -0.465. The average Bonchev–Trinajstić information content (AvgIpc) is 2.54. The number of esters is 1. The van der Waals surface area contributed by atoms with Gasteiger partial charge in [0.25, 0.3) is 0 Å². The number of carbonyl (C=O) groups excluding carboxylic acids is 2. The predicted octanol–water partition coefficient (Wildman–Crippen LogP) is 1.50. The van der Waals surface area contributed by atoms with Crippen molar-refractivity contribution in [2.45, 2.75) is 25.8 Å². The summed E-state index contributed by atoms with van der Waals surface area (Å²) in [6.07, 6.45) is 1.11. The number of methoxy groups -OCH3 is 1. The zero-order valence-corrected chi connectivity index (χ0v) is 13.1. The van der Waals surface area contributed by atoms with Crippen LogP contribution in [0.3, 0.4) is 0 Å². The molecule has 0 heterocycles. The normalized spacial score (nSPS) is 11.5. The molecule has 0 saturated heterocycles. The lowest BCUT2D eigenvalue weighted by molar-refractivity contribution is -0.142. The maximum absolute atomic E-state index is 11.8. The largest absolute Gasteiger partial charge is 0.467 e. The second kappa shape index (κ2) is 10.6. The molecule has 0 spiro atoms. The molecular weight excluding hydrogens is 284 g/mol. The molecule has 0 bridgehead atoms. The number of nitrogens with one attached hydrogen (secondary N) is 2. The highest BCUT2D eigenvalue weighted by Gasteiger charge is 2.21. The van der Waals surface area contributed by atoms with E-state index < -0.39 is 12.0 Å². The fraction of sp³-hybridized carbons (Fsp3) is 0.500. The van der Waals surface area contributed by atoms with E-state index in [0.717, 1.165) is 12.0 Å². The Morgan fingerprint density at radius 1 is 1.23 bits per heavy atom. The lowest BCUT2D eigenvalue weighted by atomic mass is 10.1. The number of ether oxygens (including phenoxy) is 2. The highest BCUT2D eigenvalue weighted by Crippen LogP contribution is 2.04. The third kappa shape index (κ3) is 7.08. The summed E-state index contributed by atoms with van der Waals surface area (Å²) in [6.45, 7) is 3.67. The van der Waals surface area contributed by atoms with Gasteiger partial charge in [-0.25, -0.2) is 9.59 Å². The van der Waals surface area contributed by atoms with Crippen molar-refractivity contribution in [3.05, 3.63) is 35.9 Å². The minimum absolute atomic E-state index is 0.386. The molecule has 0 aliphatic heterocycles. The summed E-state index contributed by atoms with van der Waals surface area (Å²) in [6, 6.07) is 8.38. The molecule has 1 aromatic carbocycles. The Hall–Kier alpha value is -2.08. The van der Waals surface area contributed by atoms with E-state index in [1.807, 2.05) is 37.3 Å². The molecule has 0 radical (unpaired) electrons. The Labute approximate surface area is 131 Å². The zero-order chi connectivity index (χ0) is 16.2. The van der Waals surface area contributed by atoms with Crippen LogP contribution in [0.4, 0.5) is 4.79 Å². The smallest absolute Gasteiger partial charge is 0.328 e. The highest BCUT2D eigenvalue weighted by atomic mass is 16.5. The number of amides is 2. The molecule has 0 unspecified atom stereocenters. The summed E-state index contributed by atoms with van der Waals surface area (Å²) in [4.78, 5) is 23.6. The van der Waals surface area contributed by atoms with Gasteiger partial charge >= 0.3 is 12.0 Å². The Morgan fingerprint density at radius 3 is 2.59 bits per heavy atom. The molecule has 0 aliphatic rings. The Balaban J connectivity index is 2.44. The molecule has 22 heavy (non-hydrogen) atoms. The average molecular weight is 308 g/mol. The summed E-state index contributed by atoms with van der Waals surface area (Å²) in [7, 11) is 1.31. The summed E-state index contributed by atoms with van der Waals surface area (Å²) >= 11 is 0. The van der Waals surface area contributed by atoms with E-state index in [4.69, 9.17) is 9.47 Å². The number of carbonyl (C=O) groups is 2. The van der Waals surface area contributed by atoms with Crippen molar-refractivity contribution in [3.63, 3.8) is 0 Å². The first-order chi connectivity index (χ1) is 10.7. The molecular formula is C16H24N2O4. The van der Waals surface area contributed by atoms with Crippen molar-refractivity contribution < 1.29 is 19.1 Å². The number of urea groups is 1. The number of benzene rings is 1. The monoisotopic (exact) mass is 308 g/mol. The summed E-state index contributed by atoms with van der Waals surface area (Å²) in [5, 5.41) is 5.34. The van der Waals surface area contributed by atoms with E-state index in [2.05, 4.69) is 10.6 Å². The van der Waals surface area contributed by atoms with Crippen LogP contribution in [-0.4, -0.2) is 44.9 Å². The first kappa shape index (κ1) is 18.0. The van der Waals surface area contributed by atoms with E-state index >= 15 is 0 Å². The predicted molar refractivity (Wildman–Crippen MR) is 83.6 cm³/mol. The van der Waals surface area contributed by atoms with Crippen LogP contribution in [0.5, 0.6) is 0 Å². The van der Waals surface area contributed by atoms with Gasteiger partial charge in [0.2, 0.25) is 0 Å². The number of rotatable bonds is 9. The second-order valence-corrected chi connectivity index (χ2v) is 4.72. The molecule has 6 heteroatoms. The maximum Gasteiger partial charge on any atom is 0.328 e. The van der Waals surface area contributed by atoms with Crippen molar-refractivity contribution in [1.82, 2.24) is 10.6 Å². The van der Waals surface area contributed by atoms with Gasteiger partial charge < -0.3 is 20.1 Å².